The second-order valence-electron chi connectivity index (χ2n) is 7.35. The molecule has 27 heavy (non-hydrogen) atoms. The van der Waals surface area contributed by atoms with Gasteiger partial charge in [-0.15, -0.1) is 0 Å². The van der Waals surface area contributed by atoms with Crippen molar-refractivity contribution in [2.24, 2.45) is 0 Å². The molecular weight excluding hydrogens is 340 g/mol. The number of non-ortho nitro benzene ring substituents is 1. The van der Waals surface area contributed by atoms with Crippen molar-refractivity contribution in [1.82, 2.24) is 0 Å². The summed E-state index contributed by atoms with van der Waals surface area (Å²) in [5, 5.41) is 13.5. The fourth-order valence-corrected chi connectivity index (χ4v) is 3.22. The van der Waals surface area contributed by atoms with Crippen LogP contribution in [-0.2, 0) is 4.79 Å². The van der Waals surface area contributed by atoms with Crippen LogP contribution in [0.15, 0.2) is 24.3 Å². The molecule has 1 rings (SSSR count). The molecule has 0 aromatic heterocycles. The third-order valence-corrected chi connectivity index (χ3v) is 4.85. The Morgan fingerprint density at radius 1 is 0.889 bits per heavy atom. The minimum Gasteiger partial charge on any atom is -0.326 e. The van der Waals surface area contributed by atoms with E-state index >= 15 is 0 Å². The van der Waals surface area contributed by atoms with Gasteiger partial charge in [-0.3, -0.25) is 14.9 Å². The number of nitro groups is 1. The molecule has 1 aromatic carbocycles. The fraction of sp³-hybridized carbons (Fsp3) is 0.682. The van der Waals surface area contributed by atoms with Crippen LogP contribution in [0.4, 0.5) is 11.4 Å². The van der Waals surface area contributed by atoms with Gasteiger partial charge >= 0.3 is 0 Å². The number of nitrogens with zero attached hydrogens (tertiary/aromatic N) is 1. The zero-order valence-electron chi connectivity index (χ0n) is 16.9. The first-order chi connectivity index (χ1) is 13.1. The van der Waals surface area contributed by atoms with Crippen molar-refractivity contribution in [1.29, 1.82) is 0 Å². The minimum atomic E-state index is -0.456. The molecule has 0 saturated carbocycles. The van der Waals surface area contributed by atoms with Crippen LogP contribution in [0.1, 0.15) is 96.8 Å². The Morgan fingerprint density at radius 3 is 1.93 bits per heavy atom. The van der Waals surface area contributed by atoms with E-state index < -0.39 is 4.92 Å². The highest BCUT2D eigenvalue weighted by Gasteiger charge is 2.08. The molecule has 0 aliphatic carbocycles. The molecule has 0 spiro atoms. The van der Waals surface area contributed by atoms with Crippen molar-refractivity contribution in [2.75, 3.05) is 5.32 Å². The number of amides is 1. The van der Waals surface area contributed by atoms with E-state index in [2.05, 4.69) is 12.2 Å². The monoisotopic (exact) mass is 376 g/mol. The molecule has 0 radical (unpaired) electrons. The lowest BCUT2D eigenvalue weighted by Crippen LogP contribution is -2.11. The predicted octanol–water partition coefficient (Wildman–Crippen LogP) is 7.01. The van der Waals surface area contributed by atoms with Crippen LogP contribution in [0, 0.1) is 10.1 Å². The molecular formula is C22H36N2O3. The number of nitrogens with one attached hydrogen (secondary N) is 1. The number of nitro benzene ring substituents is 1. The number of rotatable bonds is 16. The molecule has 1 aromatic rings. The highest BCUT2D eigenvalue weighted by molar-refractivity contribution is 5.90. The van der Waals surface area contributed by atoms with Crippen molar-refractivity contribution in [2.45, 2.75) is 96.8 Å². The molecule has 1 amide bonds. The van der Waals surface area contributed by atoms with Crippen LogP contribution in [0.3, 0.4) is 0 Å². The molecule has 0 unspecified atom stereocenters. The van der Waals surface area contributed by atoms with Gasteiger partial charge in [-0.05, 0) is 12.5 Å². The van der Waals surface area contributed by atoms with E-state index in [9.17, 15) is 14.9 Å². The van der Waals surface area contributed by atoms with Crippen molar-refractivity contribution in [3.63, 3.8) is 0 Å². The van der Waals surface area contributed by atoms with Gasteiger partial charge in [0.15, 0.2) is 0 Å². The lowest BCUT2D eigenvalue weighted by atomic mass is 10.0. The zero-order valence-corrected chi connectivity index (χ0v) is 16.9. The summed E-state index contributed by atoms with van der Waals surface area (Å²) in [6.45, 7) is 2.25. The van der Waals surface area contributed by atoms with E-state index in [1.165, 1.54) is 82.8 Å². The van der Waals surface area contributed by atoms with Crippen molar-refractivity contribution in [3.8, 4) is 0 Å². The highest BCUT2D eigenvalue weighted by Crippen LogP contribution is 2.18. The average Bonchev–Trinajstić information content (AvgIpc) is 2.65. The van der Waals surface area contributed by atoms with Gasteiger partial charge < -0.3 is 5.32 Å². The molecule has 152 valence electrons. The third-order valence-electron chi connectivity index (χ3n) is 4.85. The highest BCUT2D eigenvalue weighted by atomic mass is 16.6. The Balaban J connectivity index is 1.95. The van der Waals surface area contributed by atoms with Gasteiger partial charge in [-0.2, -0.15) is 0 Å². The Morgan fingerprint density at radius 2 is 1.41 bits per heavy atom. The van der Waals surface area contributed by atoms with E-state index in [1.54, 1.807) is 12.1 Å². The van der Waals surface area contributed by atoms with Crippen LogP contribution >= 0.6 is 0 Å². The van der Waals surface area contributed by atoms with E-state index in [0.717, 1.165) is 12.8 Å². The Kier molecular flexibility index (Phi) is 13.0. The van der Waals surface area contributed by atoms with Crippen LogP contribution in [0.2, 0.25) is 0 Å². The molecule has 0 aliphatic heterocycles. The Bertz CT molecular complexity index is 546. The smallest absolute Gasteiger partial charge is 0.271 e. The Labute approximate surface area is 164 Å². The van der Waals surface area contributed by atoms with Gasteiger partial charge in [0, 0.05) is 24.2 Å². The minimum absolute atomic E-state index is 0.00578. The summed E-state index contributed by atoms with van der Waals surface area (Å²) < 4.78 is 0. The van der Waals surface area contributed by atoms with Crippen LogP contribution in [-0.4, -0.2) is 10.8 Å². The zero-order chi connectivity index (χ0) is 19.7. The molecule has 0 fully saturated rings. The van der Waals surface area contributed by atoms with Gasteiger partial charge in [0.1, 0.15) is 0 Å². The lowest BCUT2D eigenvalue weighted by molar-refractivity contribution is -0.384. The predicted molar refractivity (Wildman–Crippen MR) is 112 cm³/mol. The summed E-state index contributed by atoms with van der Waals surface area (Å²) >= 11 is 0. The lowest BCUT2D eigenvalue weighted by Gasteiger charge is -2.05. The van der Waals surface area contributed by atoms with Gasteiger partial charge in [0.05, 0.1) is 4.92 Å². The summed E-state index contributed by atoms with van der Waals surface area (Å²) in [6, 6.07) is 6.07. The number of unbranched alkanes of at least 4 members (excludes halogenated alkanes) is 12. The summed E-state index contributed by atoms with van der Waals surface area (Å²) in [6.07, 6.45) is 17.1. The maximum atomic E-state index is 11.9. The molecule has 0 bridgehead atoms. The maximum Gasteiger partial charge on any atom is 0.271 e. The van der Waals surface area contributed by atoms with Crippen molar-refractivity contribution >= 4 is 17.3 Å². The molecule has 0 heterocycles. The van der Waals surface area contributed by atoms with Crippen molar-refractivity contribution < 1.29 is 9.72 Å². The second-order valence-corrected chi connectivity index (χ2v) is 7.35. The standard InChI is InChI=1S/C22H36N2O3/c1-2-3-4-5-6-7-8-9-10-11-12-13-14-18-22(25)23-20-16-15-17-21(19-20)24(26)27/h15-17,19H,2-14,18H2,1H3,(H,23,25). The van der Waals surface area contributed by atoms with E-state index in [4.69, 9.17) is 0 Å². The normalized spacial score (nSPS) is 10.7. The van der Waals surface area contributed by atoms with E-state index in [0.29, 0.717) is 12.1 Å². The van der Waals surface area contributed by atoms with Crippen LogP contribution in [0.5, 0.6) is 0 Å². The molecule has 1 N–H and O–H groups in total. The number of anilines is 1. The molecule has 0 atom stereocenters. The van der Waals surface area contributed by atoms with Crippen molar-refractivity contribution in [3.05, 3.63) is 34.4 Å². The third kappa shape index (κ3) is 12.2. The first-order valence-corrected chi connectivity index (χ1v) is 10.7. The topological polar surface area (TPSA) is 72.2 Å². The number of carbonyl (C=O) groups excluding carboxylic acids is 1. The fourth-order valence-electron chi connectivity index (χ4n) is 3.22. The second kappa shape index (κ2) is 15.2. The first-order valence-electron chi connectivity index (χ1n) is 10.7. The number of hydrogen-bond donors (Lipinski definition) is 1. The summed E-state index contributed by atoms with van der Waals surface area (Å²) in [5.74, 6) is -0.0708. The maximum absolute atomic E-state index is 11.9. The SMILES string of the molecule is CCCCCCCCCCCCCCCC(=O)Nc1cccc([N+](=O)[O-])c1. The summed E-state index contributed by atoms with van der Waals surface area (Å²) in [7, 11) is 0. The average molecular weight is 377 g/mol. The molecule has 0 aliphatic rings. The van der Waals surface area contributed by atoms with E-state index in [1.807, 2.05) is 0 Å². The largest absolute Gasteiger partial charge is 0.326 e. The molecule has 5 heteroatoms. The van der Waals surface area contributed by atoms with Gasteiger partial charge in [0.25, 0.3) is 5.69 Å². The number of carbonyl (C=O) groups is 1. The van der Waals surface area contributed by atoms with Crippen LogP contribution in [0.25, 0.3) is 0 Å². The van der Waals surface area contributed by atoms with Gasteiger partial charge in [0.2, 0.25) is 5.91 Å². The Hall–Kier alpha value is -1.91. The quantitative estimate of drug-likeness (QED) is 0.191. The van der Waals surface area contributed by atoms with Gasteiger partial charge in [-0.1, -0.05) is 90.0 Å². The molecule has 0 saturated heterocycles. The van der Waals surface area contributed by atoms with Gasteiger partial charge in [-0.25, -0.2) is 0 Å². The first kappa shape index (κ1) is 23.1. The van der Waals surface area contributed by atoms with Crippen LogP contribution < -0.4 is 5.32 Å². The number of hydrogen-bond acceptors (Lipinski definition) is 3. The molecule has 5 nitrogen and oxygen atoms in total. The summed E-state index contributed by atoms with van der Waals surface area (Å²) in [5.41, 5.74) is 0.484. The number of benzene rings is 1. The van der Waals surface area contributed by atoms with E-state index in [-0.39, 0.29) is 11.6 Å². The summed E-state index contributed by atoms with van der Waals surface area (Å²) in [4.78, 5) is 22.2.